The first-order chi connectivity index (χ1) is 13.8. The number of hydrogen-bond acceptors (Lipinski definition) is 4. The van der Waals surface area contributed by atoms with E-state index in [2.05, 4.69) is 0 Å². The van der Waals surface area contributed by atoms with Crippen LogP contribution in [0.1, 0.15) is 55.6 Å². The molecule has 6 nitrogen and oxygen atoms in total. The van der Waals surface area contributed by atoms with Crippen molar-refractivity contribution in [1.82, 2.24) is 0 Å². The zero-order valence-corrected chi connectivity index (χ0v) is 17.9. The summed E-state index contributed by atoms with van der Waals surface area (Å²) in [6, 6.07) is 11.8. The van der Waals surface area contributed by atoms with Crippen LogP contribution in [0, 0.1) is 0 Å². The lowest BCUT2D eigenvalue weighted by Gasteiger charge is -2.31. The minimum Gasteiger partial charge on any atom is -0.266 e. The van der Waals surface area contributed by atoms with Crippen molar-refractivity contribution in [2.24, 2.45) is 5.14 Å². The van der Waals surface area contributed by atoms with Gasteiger partial charge >= 0.3 is 0 Å². The number of benzene rings is 2. The topological polar surface area (TPSA) is 97.5 Å². The molecule has 2 aliphatic rings. The van der Waals surface area contributed by atoms with Crippen molar-refractivity contribution >= 4 is 25.7 Å². The molecule has 0 radical (unpaired) electrons. The second kappa shape index (κ2) is 7.74. The Hall–Kier alpha value is -1.90. The molecule has 0 atom stereocenters. The normalized spacial score (nSPS) is 18.4. The van der Waals surface area contributed by atoms with Crippen LogP contribution in [-0.4, -0.2) is 23.4 Å². The first-order valence-electron chi connectivity index (χ1n) is 10.1. The van der Waals surface area contributed by atoms with Crippen molar-refractivity contribution < 1.29 is 16.8 Å². The second-order valence-corrected chi connectivity index (χ2v) is 11.3. The van der Waals surface area contributed by atoms with Crippen molar-refractivity contribution in [2.45, 2.75) is 60.7 Å². The molecule has 0 unspecified atom stereocenters. The van der Waals surface area contributed by atoms with Gasteiger partial charge in [0.1, 0.15) is 0 Å². The van der Waals surface area contributed by atoms with Crippen LogP contribution >= 0.6 is 0 Å². The number of anilines is 1. The van der Waals surface area contributed by atoms with E-state index < -0.39 is 20.0 Å². The third kappa shape index (κ3) is 3.93. The Kier molecular flexibility index (Phi) is 5.44. The number of rotatable bonds is 4. The van der Waals surface area contributed by atoms with Crippen molar-refractivity contribution in [3.63, 3.8) is 0 Å². The van der Waals surface area contributed by atoms with E-state index >= 15 is 0 Å². The molecule has 8 heteroatoms. The summed E-state index contributed by atoms with van der Waals surface area (Å²) in [6.45, 7) is 0.313. The Morgan fingerprint density at radius 3 is 2.21 bits per heavy atom. The van der Waals surface area contributed by atoms with Gasteiger partial charge in [0, 0.05) is 6.54 Å². The fourth-order valence-electron chi connectivity index (χ4n) is 4.55. The largest absolute Gasteiger partial charge is 0.266 e. The van der Waals surface area contributed by atoms with Crippen LogP contribution in [0.5, 0.6) is 0 Å². The number of sulfonamides is 2. The Bertz CT molecular complexity index is 1100. The molecule has 29 heavy (non-hydrogen) atoms. The van der Waals surface area contributed by atoms with Crippen molar-refractivity contribution in [3.05, 3.63) is 53.6 Å². The molecule has 1 fully saturated rings. The van der Waals surface area contributed by atoms with Crippen LogP contribution in [0.15, 0.2) is 52.3 Å². The highest BCUT2D eigenvalue weighted by molar-refractivity contribution is 7.92. The van der Waals surface area contributed by atoms with Crippen LogP contribution in [0.25, 0.3) is 0 Å². The van der Waals surface area contributed by atoms with E-state index in [1.54, 1.807) is 24.3 Å². The highest BCUT2D eigenvalue weighted by atomic mass is 32.2. The molecule has 0 aromatic heterocycles. The average molecular weight is 435 g/mol. The Morgan fingerprint density at radius 2 is 1.55 bits per heavy atom. The lowest BCUT2D eigenvalue weighted by molar-refractivity contribution is 0.443. The zero-order valence-electron chi connectivity index (χ0n) is 16.2. The van der Waals surface area contributed by atoms with Gasteiger partial charge in [-0.3, -0.25) is 4.31 Å². The first kappa shape index (κ1) is 20.4. The molecule has 0 bridgehead atoms. The van der Waals surface area contributed by atoms with Crippen LogP contribution in [0.3, 0.4) is 0 Å². The molecule has 2 N–H and O–H groups in total. The summed E-state index contributed by atoms with van der Waals surface area (Å²) in [5.74, 6) is 0.508. The van der Waals surface area contributed by atoms with Crippen molar-refractivity contribution in [2.75, 3.05) is 10.8 Å². The Labute approximate surface area is 172 Å². The van der Waals surface area contributed by atoms with Crippen LogP contribution in [-0.2, 0) is 26.5 Å². The molecule has 1 aliphatic heterocycles. The van der Waals surface area contributed by atoms with Gasteiger partial charge < -0.3 is 0 Å². The van der Waals surface area contributed by atoms with E-state index in [4.69, 9.17) is 5.14 Å². The van der Waals surface area contributed by atoms with E-state index in [1.165, 1.54) is 35.2 Å². The lowest BCUT2D eigenvalue weighted by Crippen LogP contribution is -2.36. The summed E-state index contributed by atoms with van der Waals surface area (Å²) in [7, 11) is -7.70. The second-order valence-electron chi connectivity index (χ2n) is 7.88. The minimum absolute atomic E-state index is 0.00236. The van der Waals surface area contributed by atoms with E-state index in [9.17, 15) is 16.8 Å². The Morgan fingerprint density at radius 1 is 0.862 bits per heavy atom. The maximum Gasteiger partial charge on any atom is 0.264 e. The fraction of sp³-hybridized carbons (Fsp3) is 0.429. The van der Waals surface area contributed by atoms with Crippen LogP contribution < -0.4 is 9.44 Å². The van der Waals surface area contributed by atoms with Gasteiger partial charge in [0.25, 0.3) is 10.0 Å². The predicted octanol–water partition coefficient (Wildman–Crippen LogP) is 3.52. The highest BCUT2D eigenvalue weighted by Crippen LogP contribution is 2.36. The molecule has 2 aromatic rings. The Balaban J connectivity index is 1.69. The van der Waals surface area contributed by atoms with Gasteiger partial charge in [0.2, 0.25) is 10.0 Å². The van der Waals surface area contributed by atoms with E-state index in [0.717, 1.165) is 12.8 Å². The molecular formula is C21H26N2O4S2. The molecule has 156 valence electrons. The summed E-state index contributed by atoms with van der Waals surface area (Å²) >= 11 is 0. The summed E-state index contributed by atoms with van der Waals surface area (Å²) < 4.78 is 51.9. The number of nitrogens with two attached hydrogens (primary N) is 1. The molecule has 2 aromatic carbocycles. The summed E-state index contributed by atoms with van der Waals surface area (Å²) in [5, 5.41) is 5.34. The van der Waals surface area contributed by atoms with Gasteiger partial charge in [0.15, 0.2) is 0 Å². The lowest BCUT2D eigenvalue weighted by atomic mass is 9.84. The predicted molar refractivity (Wildman–Crippen MR) is 113 cm³/mol. The monoisotopic (exact) mass is 434 g/mol. The average Bonchev–Trinajstić information content (AvgIpc) is 2.73. The maximum absolute atomic E-state index is 13.3. The first-order valence-corrected chi connectivity index (χ1v) is 13.0. The van der Waals surface area contributed by atoms with Gasteiger partial charge in [-0.2, -0.15) is 0 Å². The van der Waals surface area contributed by atoms with Crippen molar-refractivity contribution in [1.29, 1.82) is 0 Å². The van der Waals surface area contributed by atoms with Gasteiger partial charge in [0.05, 0.1) is 15.5 Å². The van der Waals surface area contributed by atoms with E-state index in [1.807, 2.05) is 12.1 Å². The molecule has 1 heterocycles. The molecule has 0 spiro atoms. The number of hydrogen-bond donors (Lipinski definition) is 1. The third-order valence-electron chi connectivity index (χ3n) is 6.02. The van der Waals surface area contributed by atoms with Gasteiger partial charge in [-0.25, -0.2) is 22.0 Å². The van der Waals surface area contributed by atoms with E-state index in [-0.39, 0.29) is 9.79 Å². The summed E-state index contributed by atoms with van der Waals surface area (Å²) in [4.78, 5) is 0.230. The van der Waals surface area contributed by atoms with Gasteiger partial charge in [-0.05, 0) is 67.0 Å². The third-order valence-corrected chi connectivity index (χ3v) is 8.84. The molecule has 1 saturated carbocycles. The van der Waals surface area contributed by atoms with E-state index in [0.29, 0.717) is 36.6 Å². The van der Waals surface area contributed by atoms with Gasteiger partial charge in [-0.1, -0.05) is 37.5 Å². The smallest absolute Gasteiger partial charge is 0.264 e. The van der Waals surface area contributed by atoms with Gasteiger partial charge in [-0.15, -0.1) is 0 Å². The SMILES string of the molecule is NS(=O)(=O)c1cccc2c1CCCN2S(=O)(=O)c1ccc(C2CCCCC2)cc1. The minimum atomic E-state index is -3.92. The maximum atomic E-state index is 13.3. The molecule has 0 amide bonds. The molecule has 1 aliphatic carbocycles. The molecule has 0 saturated heterocycles. The highest BCUT2D eigenvalue weighted by Gasteiger charge is 2.32. The number of fused-ring (bicyclic) bond motifs is 1. The van der Waals surface area contributed by atoms with Crippen LogP contribution in [0.4, 0.5) is 5.69 Å². The number of primary sulfonamides is 1. The number of nitrogens with zero attached hydrogens (tertiary/aromatic N) is 1. The summed E-state index contributed by atoms with van der Waals surface area (Å²) in [5.41, 5.74) is 2.07. The quantitative estimate of drug-likeness (QED) is 0.796. The van der Waals surface area contributed by atoms with Crippen LogP contribution in [0.2, 0.25) is 0 Å². The summed E-state index contributed by atoms with van der Waals surface area (Å²) in [6.07, 6.45) is 7.05. The zero-order chi connectivity index (χ0) is 20.6. The fourth-order valence-corrected chi connectivity index (χ4v) is 6.90. The standard InChI is InChI=1S/C21H26N2O4S2/c22-28(24,25)21-10-4-9-20-19(21)8-5-15-23(20)29(26,27)18-13-11-17(12-14-18)16-6-2-1-3-7-16/h4,9-14,16H,1-3,5-8,15H2,(H2,22,24,25). The molecule has 4 rings (SSSR count). The molecular weight excluding hydrogens is 408 g/mol. The van der Waals surface area contributed by atoms with Crippen molar-refractivity contribution in [3.8, 4) is 0 Å².